The monoisotopic (exact) mass is 288 g/mol. The second-order valence-corrected chi connectivity index (χ2v) is 5.22. The Balaban J connectivity index is 2.70. The average Bonchev–Trinajstić information content (AvgIpc) is 2.32. The number of hydrogen-bond donors (Lipinski definition) is 1. The van der Waals surface area contributed by atoms with Crippen LogP contribution in [0.5, 0.6) is 0 Å². The minimum Gasteiger partial charge on any atom is -0.377 e. The first-order valence-corrected chi connectivity index (χ1v) is 6.80. The first kappa shape index (κ1) is 16.4. The molecule has 1 aromatic carbocycles. The van der Waals surface area contributed by atoms with Crippen LogP contribution >= 0.6 is 11.6 Å². The number of likely N-dealkylation sites (N-methyl/N-ethyl adjacent to an activating group) is 1. The first-order chi connectivity index (χ1) is 8.95. The van der Waals surface area contributed by atoms with E-state index in [1.165, 1.54) is 12.1 Å². The molecule has 0 amide bonds. The van der Waals surface area contributed by atoms with Gasteiger partial charge in [-0.2, -0.15) is 0 Å². The maximum Gasteiger partial charge on any atom is 0.124 e. The van der Waals surface area contributed by atoms with Crippen molar-refractivity contribution in [1.82, 2.24) is 4.90 Å². The fourth-order valence-corrected chi connectivity index (χ4v) is 2.20. The molecule has 1 unspecified atom stereocenters. The van der Waals surface area contributed by atoms with Gasteiger partial charge in [-0.05, 0) is 38.6 Å². The van der Waals surface area contributed by atoms with Crippen LogP contribution in [0.4, 0.5) is 4.39 Å². The normalized spacial score (nSPS) is 13.3. The molecule has 108 valence electrons. The fourth-order valence-electron chi connectivity index (χ4n) is 1.90. The number of nitrogens with two attached hydrogens (primary N) is 1. The molecule has 3 nitrogen and oxygen atoms in total. The zero-order valence-electron chi connectivity index (χ0n) is 11.7. The lowest BCUT2D eigenvalue weighted by molar-refractivity contribution is 0.0564. The summed E-state index contributed by atoms with van der Waals surface area (Å²) in [6.45, 7) is 5.79. The van der Waals surface area contributed by atoms with E-state index in [2.05, 4.69) is 4.90 Å². The molecule has 1 atom stereocenters. The van der Waals surface area contributed by atoms with Crippen LogP contribution in [0.25, 0.3) is 0 Å². The van der Waals surface area contributed by atoms with E-state index in [1.54, 1.807) is 6.07 Å². The summed E-state index contributed by atoms with van der Waals surface area (Å²) in [6, 6.07) is 4.37. The standard InChI is InChI=1S/C14H22ClFN2O/c1-10(2)19-7-6-18(3)14(9-17)12-5-4-11(16)8-13(12)15/h4-5,8,10,14H,6-7,9,17H2,1-3H3. The molecule has 0 aliphatic rings. The van der Waals surface area contributed by atoms with Crippen molar-refractivity contribution in [2.24, 2.45) is 5.73 Å². The number of ether oxygens (including phenoxy) is 1. The molecular formula is C14H22ClFN2O. The second-order valence-electron chi connectivity index (χ2n) is 4.82. The first-order valence-electron chi connectivity index (χ1n) is 6.42. The highest BCUT2D eigenvalue weighted by molar-refractivity contribution is 6.31. The van der Waals surface area contributed by atoms with E-state index >= 15 is 0 Å². The summed E-state index contributed by atoms with van der Waals surface area (Å²) in [5.74, 6) is -0.338. The van der Waals surface area contributed by atoms with E-state index in [9.17, 15) is 4.39 Å². The zero-order chi connectivity index (χ0) is 14.4. The van der Waals surface area contributed by atoms with Gasteiger partial charge in [-0.25, -0.2) is 4.39 Å². The summed E-state index contributed by atoms with van der Waals surface area (Å²) in [4.78, 5) is 2.07. The third-order valence-corrected chi connectivity index (χ3v) is 3.30. The van der Waals surface area contributed by atoms with Crippen LogP contribution in [0, 0.1) is 5.82 Å². The van der Waals surface area contributed by atoms with Crippen LogP contribution in [-0.4, -0.2) is 37.7 Å². The van der Waals surface area contributed by atoms with Crippen molar-refractivity contribution in [1.29, 1.82) is 0 Å². The van der Waals surface area contributed by atoms with E-state index in [-0.39, 0.29) is 18.0 Å². The molecule has 0 aliphatic heterocycles. The van der Waals surface area contributed by atoms with Gasteiger partial charge in [0.25, 0.3) is 0 Å². The number of nitrogens with zero attached hydrogens (tertiary/aromatic N) is 1. The molecule has 2 N–H and O–H groups in total. The van der Waals surface area contributed by atoms with E-state index in [0.717, 1.165) is 12.1 Å². The van der Waals surface area contributed by atoms with Crippen molar-refractivity contribution in [2.75, 3.05) is 26.7 Å². The molecule has 0 saturated heterocycles. The predicted molar refractivity (Wildman–Crippen MR) is 76.9 cm³/mol. The van der Waals surface area contributed by atoms with E-state index in [1.807, 2.05) is 20.9 Å². The quantitative estimate of drug-likeness (QED) is 0.838. The molecule has 0 aliphatic carbocycles. The van der Waals surface area contributed by atoms with Gasteiger partial charge in [0, 0.05) is 24.2 Å². The number of halogens is 2. The van der Waals surface area contributed by atoms with Gasteiger partial charge in [-0.3, -0.25) is 4.90 Å². The topological polar surface area (TPSA) is 38.5 Å². The van der Waals surface area contributed by atoms with Gasteiger partial charge in [-0.1, -0.05) is 17.7 Å². The maximum atomic E-state index is 13.1. The van der Waals surface area contributed by atoms with Gasteiger partial charge in [0.05, 0.1) is 12.7 Å². The Bertz CT molecular complexity index is 401. The molecule has 5 heteroatoms. The number of hydrogen-bond acceptors (Lipinski definition) is 3. The van der Waals surface area contributed by atoms with Crippen molar-refractivity contribution in [3.05, 3.63) is 34.6 Å². The van der Waals surface area contributed by atoms with Gasteiger partial charge in [0.1, 0.15) is 5.82 Å². The molecule has 0 bridgehead atoms. The smallest absolute Gasteiger partial charge is 0.124 e. The summed E-state index contributed by atoms with van der Waals surface area (Å²) in [5, 5.41) is 0.409. The Morgan fingerprint density at radius 3 is 2.63 bits per heavy atom. The van der Waals surface area contributed by atoms with Crippen LogP contribution in [0.1, 0.15) is 25.5 Å². The van der Waals surface area contributed by atoms with E-state index in [0.29, 0.717) is 18.2 Å². The molecule has 0 saturated carbocycles. The van der Waals surface area contributed by atoms with Gasteiger partial charge >= 0.3 is 0 Å². The van der Waals surface area contributed by atoms with E-state index in [4.69, 9.17) is 22.1 Å². The van der Waals surface area contributed by atoms with E-state index < -0.39 is 0 Å². The lowest BCUT2D eigenvalue weighted by atomic mass is 10.1. The highest BCUT2D eigenvalue weighted by atomic mass is 35.5. The van der Waals surface area contributed by atoms with Crippen molar-refractivity contribution >= 4 is 11.6 Å². The molecule has 0 radical (unpaired) electrons. The molecule has 1 aromatic rings. The maximum absolute atomic E-state index is 13.1. The van der Waals surface area contributed by atoms with Crippen LogP contribution in [-0.2, 0) is 4.74 Å². The third-order valence-electron chi connectivity index (χ3n) is 2.97. The lowest BCUT2D eigenvalue weighted by Gasteiger charge is -2.28. The molecule has 19 heavy (non-hydrogen) atoms. The van der Waals surface area contributed by atoms with Crippen LogP contribution in [0.2, 0.25) is 5.02 Å². The Morgan fingerprint density at radius 1 is 1.42 bits per heavy atom. The number of rotatable bonds is 7. The molecule has 0 heterocycles. The Labute approximate surface area is 119 Å². The third kappa shape index (κ3) is 5.07. The van der Waals surface area contributed by atoms with Crippen LogP contribution in [0.15, 0.2) is 18.2 Å². The summed E-state index contributed by atoms with van der Waals surface area (Å²) in [5.41, 5.74) is 6.65. The predicted octanol–water partition coefficient (Wildman–Crippen LogP) is 2.84. The Kier molecular flexibility index (Phi) is 6.72. The zero-order valence-corrected chi connectivity index (χ0v) is 12.5. The Hall–Kier alpha value is -0.680. The molecular weight excluding hydrogens is 267 g/mol. The molecule has 0 spiro atoms. The van der Waals surface area contributed by atoms with Crippen molar-refractivity contribution < 1.29 is 9.13 Å². The van der Waals surface area contributed by atoms with Crippen molar-refractivity contribution in [3.63, 3.8) is 0 Å². The van der Waals surface area contributed by atoms with Gasteiger partial charge in [-0.15, -0.1) is 0 Å². The van der Waals surface area contributed by atoms with Crippen molar-refractivity contribution in [3.8, 4) is 0 Å². The molecule has 0 fully saturated rings. The SMILES string of the molecule is CC(C)OCCN(C)C(CN)c1ccc(F)cc1Cl. The van der Waals surface area contributed by atoms with Gasteiger partial charge < -0.3 is 10.5 Å². The second kappa shape index (κ2) is 7.80. The average molecular weight is 289 g/mol. The molecule has 1 rings (SSSR count). The van der Waals surface area contributed by atoms with Crippen LogP contribution in [0.3, 0.4) is 0 Å². The van der Waals surface area contributed by atoms with Crippen LogP contribution < -0.4 is 5.73 Å². The van der Waals surface area contributed by atoms with Gasteiger partial charge in [0.15, 0.2) is 0 Å². The Morgan fingerprint density at radius 2 is 2.11 bits per heavy atom. The fraction of sp³-hybridized carbons (Fsp3) is 0.571. The largest absolute Gasteiger partial charge is 0.377 e. The van der Waals surface area contributed by atoms with Gasteiger partial charge in [0.2, 0.25) is 0 Å². The highest BCUT2D eigenvalue weighted by Crippen LogP contribution is 2.26. The highest BCUT2D eigenvalue weighted by Gasteiger charge is 2.18. The summed E-state index contributed by atoms with van der Waals surface area (Å²) < 4.78 is 18.6. The minimum atomic E-state index is -0.338. The number of benzene rings is 1. The minimum absolute atomic E-state index is 0.0381. The van der Waals surface area contributed by atoms with Crippen molar-refractivity contribution in [2.45, 2.75) is 26.0 Å². The summed E-state index contributed by atoms with van der Waals surface area (Å²) in [6.07, 6.45) is 0.208. The summed E-state index contributed by atoms with van der Waals surface area (Å²) >= 11 is 6.08. The molecule has 0 aromatic heterocycles. The summed E-state index contributed by atoms with van der Waals surface area (Å²) in [7, 11) is 1.96. The lowest BCUT2D eigenvalue weighted by Crippen LogP contribution is -2.33.